The molecule has 0 unspecified atom stereocenters. The monoisotopic (exact) mass is 415 g/mol. The number of nitrogens with one attached hydrogen (secondary N) is 1. The zero-order valence-corrected chi connectivity index (χ0v) is 14.1. The van der Waals surface area contributed by atoms with Gasteiger partial charge in [-0.15, -0.1) is 0 Å². The fourth-order valence-electron chi connectivity index (χ4n) is 1.84. The van der Waals surface area contributed by atoms with Gasteiger partial charge >= 0.3 is 0 Å². The molecular weight excluding hydrogens is 401 g/mol. The molecule has 0 heterocycles. The molecule has 0 fully saturated rings. The van der Waals surface area contributed by atoms with Gasteiger partial charge < -0.3 is 5.32 Å². The number of anilines is 1. The van der Waals surface area contributed by atoms with Crippen LogP contribution in [0.25, 0.3) is 0 Å². The molecule has 2 aromatic rings. The van der Waals surface area contributed by atoms with Crippen LogP contribution in [0.15, 0.2) is 48.5 Å². The molecule has 0 bridgehead atoms. The SMILES string of the molecule is O=C(Cc1ccc(C[SH](=O)=O)cc1)Nc1ccc(I)cc1. The van der Waals surface area contributed by atoms with E-state index in [2.05, 4.69) is 27.9 Å². The molecule has 0 aliphatic rings. The summed E-state index contributed by atoms with van der Waals surface area (Å²) in [6, 6.07) is 14.6. The van der Waals surface area contributed by atoms with Crippen molar-refractivity contribution in [2.24, 2.45) is 0 Å². The highest BCUT2D eigenvalue weighted by molar-refractivity contribution is 14.1. The van der Waals surface area contributed by atoms with Gasteiger partial charge in [0.15, 0.2) is 0 Å². The summed E-state index contributed by atoms with van der Waals surface area (Å²) in [6.45, 7) is 0. The molecule has 0 saturated carbocycles. The summed E-state index contributed by atoms with van der Waals surface area (Å²) in [6.07, 6.45) is 0.260. The predicted octanol–water partition coefficient (Wildman–Crippen LogP) is 2.58. The van der Waals surface area contributed by atoms with Crippen molar-refractivity contribution < 1.29 is 13.2 Å². The first kappa shape index (κ1) is 16.0. The van der Waals surface area contributed by atoms with E-state index in [1.807, 2.05) is 24.3 Å². The highest BCUT2D eigenvalue weighted by Gasteiger charge is 2.04. The largest absolute Gasteiger partial charge is 0.326 e. The van der Waals surface area contributed by atoms with E-state index in [1.165, 1.54) is 0 Å². The van der Waals surface area contributed by atoms with Gasteiger partial charge in [0, 0.05) is 9.26 Å². The summed E-state index contributed by atoms with van der Waals surface area (Å²) in [7, 11) is -2.42. The number of carbonyl (C=O) groups is 1. The third kappa shape index (κ3) is 5.47. The molecule has 0 radical (unpaired) electrons. The zero-order chi connectivity index (χ0) is 15.2. The van der Waals surface area contributed by atoms with E-state index in [0.717, 1.165) is 20.4 Å². The Hall–Kier alpha value is -1.41. The standard InChI is InChI=1S/C15H14INO3S/c16-13-5-7-14(8-6-13)17-15(18)9-11-1-3-12(4-2-11)10-21(19)20/h1-8,21H,9-10H2,(H,17,18). The van der Waals surface area contributed by atoms with Crippen molar-refractivity contribution >= 4 is 44.9 Å². The van der Waals surface area contributed by atoms with Crippen LogP contribution in [0.3, 0.4) is 0 Å². The molecule has 0 saturated heterocycles. The zero-order valence-electron chi connectivity index (χ0n) is 11.1. The van der Waals surface area contributed by atoms with E-state index in [1.54, 1.807) is 24.3 Å². The predicted molar refractivity (Wildman–Crippen MR) is 92.0 cm³/mol. The highest BCUT2D eigenvalue weighted by Crippen LogP contribution is 2.12. The van der Waals surface area contributed by atoms with Gasteiger partial charge in [-0.3, -0.25) is 4.79 Å². The van der Waals surface area contributed by atoms with Gasteiger partial charge in [-0.05, 0) is 58.0 Å². The second-order valence-corrected chi connectivity index (χ2v) is 6.77. The van der Waals surface area contributed by atoms with Crippen molar-refractivity contribution in [2.75, 3.05) is 5.32 Å². The topological polar surface area (TPSA) is 63.2 Å². The first-order valence-corrected chi connectivity index (χ1v) is 8.72. The normalized spacial score (nSPS) is 10.6. The molecule has 1 amide bonds. The number of carbonyl (C=O) groups excluding carboxylic acids is 1. The maximum Gasteiger partial charge on any atom is 0.228 e. The fourth-order valence-corrected chi connectivity index (χ4v) is 2.70. The summed E-state index contributed by atoms with van der Waals surface area (Å²) in [4.78, 5) is 11.9. The molecule has 21 heavy (non-hydrogen) atoms. The molecule has 1 N–H and O–H groups in total. The van der Waals surface area contributed by atoms with E-state index in [4.69, 9.17) is 0 Å². The molecule has 2 aromatic carbocycles. The van der Waals surface area contributed by atoms with Crippen molar-refractivity contribution in [1.29, 1.82) is 0 Å². The summed E-state index contributed by atoms with van der Waals surface area (Å²) in [5.74, 6) is -0.0661. The first-order chi connectivity index (χ1) is 10.0. The van der Waals surface area contributed by atoms with E-state index in [9.17, 15) is 13.2 Å². The number of amides is 1. The Labute approximate surface area is 138 Å². The van der Waals surface area contributed by atoms with Crippen LogP contribution < -0.4 is 5.32 Å². The maximum atomic E-state index is 11.9. The smallest absolute Gasteiger partial charge is 0.228 e. The number of benzene rings is 2. The molecule has 0 aromatic heterocycles. The number of hydrogen-bond donors (Lipinski definition) is 2. The molecule has 110 valence electrons. The molecule has 4 nitrogen and oxygen atoms in total. The van der Waals surface area contributed by atoms with Gasteiger partial charge in [-0.1, -0.05) is 24.3 Å². The van der Waals surface area contributed by atoms with Gasteiger partial charge in [0.1, 0.15) is 10.7 Å². The van der Waals surface area contributed by atoms with Gasteiger partial charge in [0.25, 0.3) is 0 Å². The molecule has 6 heteroatoms. The van der Waals surface area contributed by atoms with Crippen LogP contribution in [0, 0.1) is 3.57 Å². The Morgan fingerprint density at radius 3 is 2.10 bits per heavy atom. The minimum Gasteiger partial charge on any atom is -0.326 e. The van der Waals surface area contributed by atoms with Gasteiger partial charge in [0.2, 0.25) is 5.91 Å². The lowest BCUT2D eigenvalue weighted by atomic mass is 10.1. The lowest BCUT2D eigenvalue weighted by Gasteiger charge is -2.06. The number of hydrogen-bond acceptors (Lipinski definition) is 3. The number of thiol groups is 1. The average Bonchev–Trinajstić information content (AvgIpc) is 2.43. The van der Waals surface area contributed by atoms with E-state index in [0.29, 0.717) is 0 Å². The second kappa shape index (κ2) is 7.56. The fraction of sp³-hybridized carbons (Fsp3) is 0.133. The number of halogens is 1. The average molecular weight is 415 g/mol. The third-order valence-electron chi connectivity index (χ3n) is 2.83. The lowest BCUT2D eigenvalue weighted by molar-refractivity contribution is -0.115. The lowest BCUT2D eigenvalue weighted by Crippen LogP contribution is -2.14. The van der Waals surface area contributed by atoms with Crippen LogP contribution in [0.2, 0.25) is 0 Å². The highest BCUT2D eigenvalue weighted by atomic mass is 127. The number of rotatable bonds is 5. The van der Waals surface area contributed by atoms with Crippen molar-refractivity contribution in [3.05, 3.63) is 63.2 Å². The van der Waals surface area contributed by atoms with Crippen molar-refractivity contribution in [3.63, 3.8) is 0 Å². The molecule has 0 atom stereocenters. The van der Waals surface area contributed by atoms with E-state index < -0.39 is 10.7 Å². The first-order valence-electron chi connectivity index (χ1n) is 6.28. The summed E-state index contributed by atoms with van der Waals surface area (Å²) in [5, 5.41) is 2.83. The summed E-state index contributed by atoms with van der Waals surface area (Å²) >= 11 is 2.20. The van der Waals surface area contributed by atoms with Gasteiger partial charge in [-0.25, -0.2) is 8.42 Å². The Morgan fingerprint density at radius 1 is 0.952 bits per heavy atom. The Morgan fingerprint density at radius 2 is 1.52 bits per heavy atom. The van der Waals surface area contributed by atoms with Gasteiger partial charge in [-0.2, -0.15) is 0 Å². The minimum atomic E-state index is -2.42. The molecule has 0 aliphatic carbocycles. The van der Waals surface area contributed by atoms with Crippen LogP contribution >= 0.6 is 22.6 Å². The molecular formula is C15H14INO3S. The quantitative estimate of drug-likeness (QED) is 0.583. The van der Waals surface area contributed by atoms with Crippen LogP contribution in [0.4, 0.5) is 5.69 Å². The molecule has 2 rings (SSSR count). The second-order valence-electron chi connectivity index (χ2n) is 4.54. The van der Waals surface area contributed by atoms with Crippen LogP contribution in [0.1, 0.15) is 11.1 Å². The molecule has 0 spiro atoms. The molecule has 0 aliphatic heterocycles. The van der Waals surface area contributed by atoms with Crippen LogP contribution in [-0.4, -0.2) is 14.3 Å². The van der Waals surface area contributed by atoms with Crippen LogP contribution in [0.5, 0.6) is 0 Å². The van der Waals surface area contributed by atoms with Crippen LogP contribution in [-0.2, 0) is 27.7 Å². The van der Waals surface area contributed by atoms with E-state index in [-0.39, 0.29) is 18.1 Å². The maximum absolute atomic E-state index is 11.9. The van der Waals surface area contributed by atoms with Gasteiger partial charge in [0.05, 0.1) is 12.2 Å². The van der Waals surface area contributed by atoms with Crippen molar-refractivity contribution in [1.82, 2.24) is 0 Å². The Kier molecular flexibility index (Phi) is 5.75. The summed E-state index contributed by atoms with van der Waals surface area (Å²) < 4.78 is 22.4. The van der Waals surface area contributed by atoms with Crippen molar-refractivity contribution in [2.45, 2.75) is 12.2 Å². The van der Waals surface area contributed by atoms with E-state index >= 15 is 0 Å². The Balaban J connectivity index is 1.94. The Bertz CT molecular complexity index is 686. The third-order valence-corrected chi connectivity index (χ3v) is 4.17. The minimum absolute atomic E-state index is 0.0322. The summed E-state index contributed by atoms with van der Waals surface area (Å²) in [5.41, 5.74) is 2.34. The van der Waals surface area contributed by atoms with Crippen molar-refractivity contribution in [3.8, 4) is 0 Å².